The molecular formula is C6H13O8P. The number of ether oxygens (including phenoxy) is 1. The quantitative estimate of drug-likeness (QED) is 0.357. The molecule has 90 valence electrons. The largest absolute Gasteiger partial charge is 0.472 e. The lowest BCUT2D eigenvalue weighted by atomic mass is 10.0. The third kappa shape index (κ3) is 3.78. The van der Waals surface area contributed by atoms with E-state index in [9.17, 15) is 14.8 Å². The van der Waals surface area contributed by atoms with Gasteiger partial charge >= 0.3 is 7.82 Å². The summed E-state index contributed by atoms with van der Waals surface area (Å²) in [6, 6.07) is 0. The molecule has 1 aliphatic heterocycles. The molecule has 0 aromatic heterocycles. The fourth-order valence-corrected chi connectivity index (χ4v) is 1.70. The maximum absolute atomic E-state index is 10.5. The van der Waals surface area contributed by atoms with Crippen LogP contribution in [0.25, 0.3) is 0 Å². The molecule has 1 saturated heterocycles. The summed E-state index contributed by atoms with van der Waals surface area (Å²) in [5.41, 5.74) is 0. The number of rotatable bonds is 3. The molecule has 0 radical (unpaired) electrons. The smallest absolute Gasteiger partial charge is 0.394 e. The number of phosphoric ester groups is 1. The molecule has 1 aliphatic rings. The molecule has 1 fully saturated rings. The van der Waals surface area contributed by atoms with Gasteiger partial charge in [0.1, 0.15) is 6.10 Å². The Morgan fingerprint density at radius 3 is 2.47 bits per heavy atom. The minimum absolute atomic E-state index is 0.0291. The molecule has 1 unspecified atom stereocenters. The van der Waals surface area contributed by atoms with Crippen LogP contribution in [-0.4, -0.2) is 56.3 Å². The number of aliphatic hydroxyl groups is 3. The van der Waals surface area contributed by atoms with Crippen molar-refractivity contribution < 1.29 is 38.9 Å². The maximum atomic E-state index is 10.5. The molecule has 0 aromatic carbocycles. The topological polar surface area (TPSA) is 137 Å². The summed E-state index contributed by atoms with van der Waals surface area (Å²) in [5.74, 6) is 0. The third-order valence-corrected chi connectivity index (χ3v) is 2.43. The summed E-state index contributed by atoms with van der Waals surface area (Å²) >= 11 is 0. The first kappa shape index (κ1) is 13.0. The number of phosphoric acid groups is 1. The molecule has 5 N–H and O–H groups in total. The predicted octanol–water partition coefficient (Wildman–Crippen LogP) is -2.08. The third-order valence-electron chi connectivity index (χ3n) is 1.95. The van der Waals surface area contributed by atoms with Gasteiger partial charge in [0.2, 0.25) is 0 Å². The van der Waals surface area contributed by atoms with Crippen molar-refractivity contribution in [1.82, 2.24) is 0 Å². The summed E-state index contributed by atoms with van der Waals surface area (Å²) in [6.45, 7) is -0.440. The first-order valence-electron chi connectivity index (χ1n) is 4.20. The van der Waals surface area contributed by atoms with Crippen LogP contribution < -0.4 is 0 Å². The highest BCUT2D eigenvalue weighted by Crippen LogP contribution is 2.40. The van der Waals surface area contributed by atoms with Crippen LogP contribution >= 0.6 is 7.82 Å². The molecule has 15 heavy (non-hydrogen) atoms. The van der Waals surface area contributed by atoms with Gasteiger partial charge in [-0.25, -0.2) is 4.57 Å². The Morgan fingerprint density at radius 1 is 1.40 bits per heavy atom. The zero-order valence-electron chi connectivity index (χ0n) is 7.63. The van der Waals surface area contributed by atoms with Gasteiger partial charge in [0.05, 0.1) is 18.8 Å². The van der Waals surface area contributed by atoms with Gasteiger partial charge < -0.3 is 29.8 Å². The second-order valence-corrected chi connectivity index (χ2v) is 4.39. The van der Waals surface area contributed by atoms with Gasteiger partial charge in [-0.3, -0.25) is 4.52 Å². The minimum atomic E-state index is -4.81. The number of aliphatic hydroxyl groups excluding tert-OH is 3. The summed E-state index contributed by atoms with van der Waals surface area (Å²) < 4.78 is 19.4. The Morgan fingerprint density at radius 2 is 2.00 bits per heavy atom. The summed E-state index contributed by atoms with van der Waals surface area (Å²) in [7, 11) is -4.81. The van der Waals surface area contributed by atoms with E-state index in [1.54, 1.807) is 0 Å². The van der Waals surface area contributed by atoms with Gasteiger partial charge in [0, 0.05) is 6.42 Å². The van der Waals surface area contributed by atoms with E-state index in [0.717, 1.165) is 0 Å². The average Bonchev–Trinajstić information content (AvgIpc) is 2.10. The zero-order chi connectivity index (χ0) is 11.6. The second kappa shape index (κ2) is 4.86. The van der Waals surface area contributed by atoms with Crippen molar-refractivity contribution in [3.05, 3.63) is 0 Å². The van der Waals surface area contributed by atoms with Crippen molar-refractivity contribution in [3.8, 4) is 0 Å². The molecule has 0 amide bonds. The molecule has 1 heterocycles. The molecule has 0 saturated carbocycles. The Balaban J connectivity index is 2.64. The van der Waals surface area contributed by atoms with Crippen molar-refractivity contribution in [3.63, 3.8) is 0 Å². The molecule has 9 heteroatoms. The van der Waals surface area contributed by atoms with E-state index in [-0.39, 0.29) is 6.42 Å². The van der Waals surface area contributed by atoms with E-state index < -0.39 is 39.0 Å². The normalized spacial score (nSPS) is 37.9. The van der Waals surface area contributed by atoms with Crippen molar-refractivity contribution in [1.29, 1.82) is 0 Å². The first-order chi connectivity index (χ1) is 6.83. The van der Waals surface area contributed by atoms with Crippen molar-refractivity contribution >= 4 is 7.82 Å². The fourth-order valence-electron chi connectivity index (χ4n) is 1.26. The van der Waals surface area contributed by atoms with Crippen LogP contribution in [0.3, 0.4) is 0 Å². The minimum Gasteiger partial charge on any atom is -0.394 e. The standard InChI is InChI=1S/C6H13O8P/c7-2-3-1-4(8)5(9)6(13-3)14-15(10,11)12/h3-9H,1-2H2,(H2,10,11,12)/t3-,4-,5+,6?/m0/s1. The van der Waals surface area contributed by atoms with Gasteiger partial charge in [0.25, 0.3) is 0 Å². The summed E-state index contributed by atoms with van der Waals surface area (Å²) in [4.78, 5) is 17.0. The average molecular weight is 244 g/mol. The summed E-state index contributed by atoms with van der Waals surface area (Å²) in [6.07, 6.45) is -5.31. The zero-order valence-corrected chi connectivity index (χ0v) is 8.53. The van der Waals surface area contributed by atoms with E-state index in [0.29, 0.717) is 0 Å². The van der Waals surface area contributed by atoms with E-state index in [1.807, 2.05) is 0 Å². The van der Waals surface area contributed by atoms with E-state index in [1.165, 1.54) is 0 Å². The lowest BCUT2D eigenvalue weighted by Gasteiger charge is -2.35. The molecule has 1 rings (SSSR count). The summed E-state index contributed by atoms with van der Waals surface area (Å²) in [5, 5.41) is 27.3. The molecule has 8 nitrogen and oxygen atoms in total. The highest BCUT2D eigenvalue weighted by atomic mass is 31.2. The van der Waals surface area contributed by atoms with Crippen LogP contribution in [-0.2, 0) is 13.8 Å². The van der Waals surface area contributed by atoms with E-state index >= 15 is 0 Å². The number of hydrogen-bond acceptors (Lipinski definition) is 6. The van der Waals surface area contributed by atoms with Gasteiger partial charge in [-0.15, -0.1) is 0 Å². The molecule has 0 aromatic rings. The van der Waals surface area contributed by atoms with Crippen molar-refractivity contribution in [2.75, 3.05) is 6.61 Å². The highest BCUT2D eigenvalue weighted by Gasteiger charge is 2.40. The van der Waals surface area contributed by atoms with Crippen LogP contribution in [0.4, 0.5) is 0 Å². The van der Waals surface area contributed by atoms with Crippen LogP contribution in [0.15, 0.2) is 0 Å². The molecule has 0 bridgehead atoms. The highest BCUT2D eigenvalue weighted by molar-refractivity contribution is 7.46. The lowest BCUT2D eigenvalue weighted by molar-refractivity contribution is -0.245. The van der Waals surface area contributed by atoms with Gasteiger partial charge in [-0.05, 0) is 0 Å². The number of hydrogen-bond donors (Lipinski definition) is 5. The Labute approximate surface area is 85.3 Å². The molecular weight excluding hydrogens is 231 g/mol. The predicted molar refractivity (Wildman–Crippen MR) is 45.5 cm³/mol. The van der Waals surface area contributed by atoms with E-state index in [4.69, 9.17) is 19.6 Å². The Bertz CT molecular complexity index is 252. The maximum Gasteiger partial charge on any atom is 0.472 e. The first-order valence-corrected chi connectivity index (χ1v) is 5.73. The second-order valence-electron chi connectivity index (χ2n) is 3.20. The van der Waals surface area contributed by atoms with Crippen molar-refractivity contribution in [2.45, 2.75) is 31.0 Å². The fraction of sp³-hybridized carbons (Fsp3) is 1.00. The Hall–Kier alpha value is -0.0500. The molecule has 0 spiro atoms. The lowest BCUT2D eigenvalue weighted by Crippen LogP contribution is -2.49. The van der Waals surface area contributed by atoms with Crippen LogP contribution in [0.1, 0.15) is 6.42 Å². The van der Waals surface area contributed by atoms with Gasteiger partial charge in [0.15, 0.2) is 6.29 Å². The van der Waals surface area contributed by atoms with Crippen LogP contribution in [0.2, 0.25) is 0 Å². The van der Waals surface area contributed by atoms with Crippen molar-refractivity contribution in [2.24, 2.45) is 0 Å². The van der Waals surface area contributed by atoms with Crippen LogP contribution in [0.5, 0.6) is 0 Å². The Kier molecular flexibility index (Phi) is 4.21. The monoisotopic (exact) mass is 244 g/mol. The van der Waals surface area contributed by atoms with E-state index in [2.05, 4.69) is 4.52 Å². The SMILES string of the molecule is O=P(O)(O)OC1O[C@H](CO)C[C@H](O)[C@H]1O. The van der Waals surface area contributed by atoms with Gasteiger partial charge in [-0.2, -0.15) is 0 Å². The van der Waals surface area contributed by atoms with Gasteiger partial charge in [-0.1, -0.05) is 0 Å². The molecule has 0 aliphatic carbocycles. The van der Waals surface area contributed by atoms with Crippen LogP contribution in [0, 0.1) is 0 Å². The molecule has 4 atom stereocenters.